The highest BCUT2D eigenvalue weighted by Gasteiger charge is 2.44. The molecule has 0 aliphatic carbocycles. The Balaban J connectivity index is 2.93. The van der Waals surface area contributed by atoms with Crippen molar-refractivity contribution in [3.63, 3.8) is 0 Å². The zero-order valence-electron chi connectivity index (χ0n) is 15.9. The molecular weight excluding hydrogens is 310 g/mol. The molecule has 0 aromatic rings. The summed E-state index contributed by atoms with van der Waals surface area (Å²) in [7, 11) is 1.38. The first-order valence-corrected chi connectivity index (χ1v) is 8.44. The minimum Gasteiger partial charge on any atom is -0.469 e. The van der Waals surface area contributed by atoms with Gasteiger partial charge < -0.3 is 14.2 Å². The molecule has 0 saturated carbocycles. The summed E-state index contributed by atoms with van der Waals surface area (Å²) in [6.07, 6.45) is 4.79. The summed E-state index contributed by atoms with van der Waals surface area (Å²) >= 11 is 0. The highest BCUT2D eigenvalue weighted by molar-refractivity contribution is 5.74. The molecule has 6 heteroatoms. The molecule has 1 aliphatic rings. The monoisotopic (exact) mass is 341 g/mol. The van der Waals surface area contributed by atoms with Crippen molar-refractivity contribution in [1.82, 2.24) is 4.90 Å². The number of hydrogen-bond donors (Lipinski definition) is 0. The van der Waals surface area contributed by atoms with Gasteiger partial charge in [0.15, 0.2) is 0 Å². The molecular formula is C18H31NO5. The Kier molecular flexibility index (Phi) is 6.84. The van der Waals surface area contributed by atoms with Crippen LogP contribution in [0.5, 0.6) is 0 Å². The van der Waals surface area contributed by atoms with E-state index < -0.39 is 17.4 Å². The van der Waals surface area contributed by atoms with Crippen LogP contribution in [-0.2, 0) is 19.0 Å². The molecule has 1 rings (SSSR count). The van der Waals surface area contributed by atoms with Gasteiger partial charge in [-0.1, -0.05) is 25.5 Å². The van der Waals surface area contributed by atoms with Crippen molar-refractivity contribution in [2.75, 3.05) is 13.7 Å². The van der Waals surface area contributed by atoms with Crippen LogP contribution < -0.4 is 0 Å². The van der Waals surface area contributed by atoms with E-state index in [4.69, 9.17) is 14.2 Å². The fourth-order valence-corrected chi connectivity index (χ4v) is 2.66. The zero-order valence-corrected chi connectivity index (χ0v) is 15.9. The number of carbonyl (C=O) groups is 2. The number of carbonyl (C=O) groups excluding carboxylic acids is 2. The maximum atomic E-state index is 12.5. The average Bonchev–Trinajstić information content (AvgIpc) is 2.75. The van der Waals surface area contributed by atoms with Gasteiger partial charge in [0.1, 0.15) is 11.3 Å². The number of hydrogen-bond acceptors (Lipinski definition) is 5. The smallest absolute Gasteiger partial charge is 0.413 e. The Morgan fingerprint density at radius 3 is 2.50 bits per heavy atom. The predicted molar refractivity (Wildman–Crippen MR) is 91.4 cm³/mol. The molecule has 1 saturated heterocycles. The molecule has 0 radical (unpaired) electrons. The summed E-state index contributed by atoms with van der Waals surface area (Å²) < 4.78 is 16.1. The van der Waals surface area contributed by atoms with Crippen molar-refractivity contribution >= 4 is 12.1 Å². The standard InChI is InChI=1S/C18H31NO5/c1-8-9-13(15(20)22-7)10-11-14-12-23-18(5,6)19(14)16(21)24-17(2,3)4/h10-11,13-14H,8-9,12H2,1-7H3/b11-10+/t13-,14-/m1/s1. The number of rotatable bonds is 5. The van der Waals surface area contributed by atoms with Crippen molar-refractivity contribution in [3.8, 4) is 0 Å². The van der Waals surface area contributed by atoms with Gasteiger partial charge in [-0.25, -0.2) is 4.79 Å². The molecule has 1 heterocycles. The molecule has 0 aromatic carbocycles. The highest BCUT2D eigenvalue weighted by Crippen LogP contribution is 2.30. The number of esters is 1. The second-order valence-corrected chi connectivity index (χ2v) is 7.48. The minimum atomic E-state index is -0.761. The van der Waals surface area contributed by atoms with Crippen molar-refractivity contribution in [1.29, 1.82) is 0 Å². The number of methoxy groups -OCH3 is 1. The lowest BCUT2D eigenvalue weighted by Gasteiger charge is -2.34. The van der Waals surface area contributed by atoms with Crippen molar-refractivity contribution in [3.05, 3.63) is 12.2 Å². The van der Waals surface area contributed by atoms with Crippen LogP contribution in [0.25, 0.3) is 0 Å². The van der Waals surface area contributed by atoms with Gasteiger partial charge in [0, 0.05) is 0 Å². The Hall–Kier alpha value is -1.56. The number of ether oxygens (including phenoxy) is 3. The molecule has 2 atom stereocenters. The van der Waals surface area contributed by atoms with Gasteiger partial charge in [0.05, 0.1) is 25.7 Å². The highest BCUT2D eigenvalue weighted by atomic mass is 16.6. The lowest BCUT2D eigenvalue weighted by atomic mass is 10.0. The third kappa shape index (κ3) is 5.51. The molecule has 1 fully saturated rings. The average molecular weight is 341 g/mol. The van der Waals surface area contributed by atoms with Crippen LogP contribution in [0.15, 0.2) is 12.2 Å². The molecule has 1 amide bonds. The van der Waals surface area contributed by atoms with E-state index in [1.54, 1.807) is 4.90 Å². The van der Waals surface area contributed by atoms with Gasteiger partial charge in [-0.15, -0.1) is 0 Å². The summed E-state index contributed by atoms with van der Waals surface area (Å²) in [5, 5.41) is 0. The maximum absolute atomic E-state index is 12.5. The minimum absolute atomic E-state index is 0.268. The summed E-state index contributed by atoms with van der Waals surface area (Å²) in [6, 6.07) is -0.279. The van der Waals surface area contributed by atoms with Gasteiger partial charge in [0.2, 0.25) is 0 Å². The normalized spacial score (nSPS) is 21.8. The fraction of sp³-hybridized carbons (Fsp3) is 0.778. The van der Waals surface area contributed by atoms with E-state index in [0.717, 1.165) is 6.42 Å². The molecule has 0 unspecified atom stereocenters. The molecule has 0 aromatic heterocycles. The largest absolute Gasteiger partial charge is 0.469 e. The van der Waals surface area contributed by atoms with Crippen LogP contribution in [-0.4, -0.2) is 48.0 Å². The first-order valence-electron chi connectivity index (χ1n) is 8.44. The summed E-state index contributed by atoms with van der Waals surface area (Å²) in [5.41, 5.74) is -1.34. The fourth-order valence-electron chi connectivity index (χ4n) is 2.66. The van der Waals surface area contributed by atoms with E-state index in [9.17, 15) is 9.59 Å². The molecule has 1 aliphatic heterocycles. The van der Waals surface area contributed by atoms with E-state index in [-0.39, 0.29) is 17.9 Å². The van der Waals surface area contributed by atoms with Gasteiger partial charge in [-0.3, -0.25) is 9.69 Å². The predicted octanol–water partition coefficient (Wildman–Crippen LogP) is 3.50. The third-order valence-corrected chi connectivity index (χ3v) is 3.78. The Morgan fingerprint density at radius 1 is 1.38 bits per heavy atom. The van der Waals surface area contributed by atoms with Crippen molar-refractivity contribution < 1.29 is 23.8 Å². The van der Waals surface area contributed by atoms with Gasteiger partial charge in [-0.05, 0) is 41.0 Å². The van der Waals surface area contributed by atoms with Crippen LogP contribution in [0.1, 0.15) is 54.4 Å². The van der Waals surface area contributed by atoms with Gasteiger partial charge in [-0.2, -0.15) is 0 Å². The lowest BCUT2D eigenvalue weighted by Crippen LogP contribution is -2.49. The first kappa shape index (κ1) is 20.5. The van der Waals surface area contributed by atoms with Crippen LogP contribution in [0, 0.1) is 5.92 Å². The van der Waals surface area contributed by atoms with E-state index >= 15 is 0 Å². The second-order valence-electron chi connectivity index (χ2n) is 7.48. The van der Waals surface area contributed by atoms with Gasteiger partial charge in [0.25, 0.3) is 0 Å². The van der Waals surface area contributed by atoms with Crippen LogP contribution >= 0.6 is 0 Å². The molecule has 0 spiro atoms. The van der Waals surface area contributed by atoms with Crippen LogP contribution in [0.2, 0.25) is 0 Å². The maximum Gasteiger partial charge on any atom is 0.413 e. The zero-order chi connectivity index (χ0) is 18.5. The van der Waals surface area contributed by atoms with Crippen LogP contribution in [0.3, 0.4) is 0 Å². The van der Waals surface area contributed by atoms with E-state index in [1.165, 1.54) is 7.11 Å². The SMILES string of the molecule is CCC[C@H](/C=C/[C@@H]1COC(C)(C)N1C(=O)OC(C)(C)C)C(=O)OC. The number of nitrogens with zero attached hydrogens (tertiary/aromatic N) is 1. The first-order chi connectivity index (χ1) is 11.0. The molecule has 24 heavy (non-hydrogen) atoms. The third-order valence-electron chi connectivity index (χ3n) is 3.78. The topological polar surface area (TPSA) is 65.1 Å². The molecule has 0 N–H and O–H groups in total. The molecule has 0 bridgehead atoms. The van der Waals surface area contributed by atoms with Crippen molar-refractivity contribution in [2.45, 2.75) is 71.8 Å². The quantitative estimate of drug-likeness (QED) is 0.565. The lowest BCUT2D eigenvalue weighted by molar-refractivity contribution is -0.143. The van der Waals surface area contributed by atoms with Crippen LogP contribution in [0.4, 0.5) is 4.79 Å². The Bertz CT molecular complexity index is 478. The molecule has 6 nitrogen and oxygen atoms in total. The van der Waals surface area contributed by atoms with E-state index in [0.29, 0.717) is 13.0 Å². The second kappa shape index (κ2) is 8.01. The van der Waals surface area contributed by atoms with Crippen molar-refractivity contribution in [2.24, 2.45) is 5.92 Å². The van der Waals surface area contributed by atoms with E-state index in [1.807, 2.05) is 53.7 Å². The summed E-state index contributed by atoms with van der Waals surface area (Å²) in [4.78, 5) is 26.0. The Morgan fingerprint density at radius 2 is 2.00 bits per heavy atom. The van der Waals surface area contributed by atoms with Gasteiger partial charge >= 0.3 is 12.1 Å². The summed E-state index contributed by atoms with van der Waals surface area (Å²) in [6.45, 7) is 11.5. The summed E-state index contributed by atoms with van der Waals surface area (Å²) in [5.74, 6) is -0.584. The number of amides is 1. The molecule has 138 valence electrons. The Labute approximate surface area is 145 Å². The van der Waals surface area contributed by atoms with E-state index in [2.05, 4.69) is 0 Å².